The van der Waals surface area contributed by atoms with E-state index in [-0.39, 0.29) is 5.41 Å². The molecule has 0 spiro atoms. The molecule has 0 radical (unpaired) electrons. The molecule has 3 rings (SSSR count). The van der Waals surface area contributed by atoms with Crippen molar-refractivity contribution in [2.45, 2.75) is 32.6 Å². The fraction of sp³-hybridized carbons (Fsp3) is 0.286. The summed E-state index contributed by atoms with van der Waals surface area (Å²) in [5.74, 6) is 1.62. The lowest BCUT2D eigenvalue weighted by atomic mass is 9.83. The van der Waals surface area contributed by atoms with Gasteiger partial charge in [-0.2, -0.15) is 9.78 Å². The van der Waals surface area contributed by atoms with E-state index in [2.05, 4.69) is 58.7 Å². The first-order chi connectivity index (χ1) is 12.9. The molecule has 0 saturated heterocycles. The summed E-state index contributed by atoms with van der Waals surface area (Å²) in [6.45, 7) is 10.2. The van der Waals surface area contributed by atoms with Gasteiger partial charge in [-0.3, -0.25) is 0 Å². The summed E-state index contributed by atoms with van der Waals surface area (Å²) in [7, 11) is 1.00. The van der Waals surface area contributed by atoms with Gasteiger partial charge in [-0.15, -0.1) is 10.2 Å². The van der Waals surface area contributed by atoms with E-state index in [0.717, 1.165) is 46.5 Å². The predicted molar refractivity (Wildman–Crippen MR) is 115 cm³/mol. The van der Waals surface area contributed by atoms with E-state index in [1.807, 2.05) is 48.0 Å². The lowest BCUT2D eigenvalue weighted by molar-refractivity contribution is 0.399. The van der Waals surface area contributed by atoms with Gasteiger partial charge in [0.1, 0.15) is 0 Å². The minimum Gasteiger partial charge on any atom is -0.400 e. The Bertz CT molecular complexity index is 892. The molecule has 1 N–H and O–H groups in total. The summed E-state index contributed by atoms with van der Waals surface area (Å²) in [5.41, 5.74) is 2.99. The molecule has 0 amide bonds. The van der Waals surface area contributed by atoms with Crippen molar-refractivity contribution >= 4 is 27.2 Å². The van der Waals surface area contributed by atoms with Crippen molar-refractivity contribution in [3.63, 3.8) is 0 Å². The van der Waals surface area contributed by atoms with Crippen molar-refractivity contribution in [1.29, 1.82) is 0 Å². The second kappa shape index (κ2) is 9.06. The molecular weight excluding hydrogens is 404 g/mol. The van der Waals surface area contributed by atoms with Gasteiger partial charge in [0.05, 0.1) is 5.71 Å². The van der Waals surface area contributed by atoms with Crippen molar-refractivity contribution < 1.29 is 5.11 Å². The number of rotatable bonds is 4. The number of fused-ring (bicyclic) bond motifs is 1. The maximum Gasteiger partial charge on any atom is 0.184 e. The second-order valence-electron chi connectivity index (χ2n) is 6.66. The molecule has 0 saturated carbocycles. The molecule has 1 aromatic heterocycles. The molecule has 0 fully saturated rings. The van der Waals surface area contributed by atoms with Crippen LogP contribution in [0.25, 0.3) is 5.57 Å². The van der Waals surface area contributed by atoms with Crippen LogP contribution in [0.1, 0.15) is 44.4 Å². The highest BCUT2D eigenvalue weighted by molar-refractivity contribution is 9.11. The standard InChI is InChI=1S/C20H21BrN4.CH4O/c1-5-15(12-11-14(2)21)18-22-23-19-20(3,4)13-17(24-25(18)19)16-9-7-6-8-10-16;1-2/h5-12H,2,13H2,1,3-4H3;2H,1H3/b12-11-,15-5+;. The van der Waals surface area contributed by atoms with E-state index in [4.69, 9.17) is 10.2 Å². The Balaban J connectivity index is 0.00000126. The van der Waals surface area contributed by atoms with E-state index in [1.165, 1.54) is 0 Å². The summed E-state index contributed by atoms with van der Waals surface area (Å²) in [6, 6.07) is 10.3. The van der Waals surface area contributed by atoms with Gasteiger partial charge in [0.2, 0.25) is 0 Å². The molecule has 27 heavy (non-hydrogen) atoms. The molecule has 142 valence electrons. The van der Waals surface area contributed by atoms with Gasteiger partial charge in [0, 0.05) is 29.0 Å². The van der Waals surface area contributed by atoms with Gasteiger partial charge in [0.15, 0.2) is 11.6 Å². The normalized spacial score (nSPS) is 15.6. The number of hydrogen-bond donors (Lipinski definition) is 1. The molecule has 0 bridgehead atoms. The molecule has 1 aliphatic rings. The van der Waals surface area contributed by atoms with Gasteiger partial charge in [-0.1, -0.05) is 78.8 Å². The van der Waals surface area contributed by atoms with Crippen molar-refractivity contribution in [1.82, 2.24) is 14.9 Å². The van der Waals surface area contributed by atoms with E-state index >= 15 is 0 Å². The fourth-order valence-electron chi connectivity index (χ4n) is 2.90. The monoisotopic (exact) mass is 428 g/mol. The number of nitrogens with zero attached hydrogens (tertiary/aromatic N) is 4. The van der Waals surface area contributed by atoms with Crippen molar-refractivity contribution in [3.05, 3.63) is 76.8 Å². The molecule has 2 aromatic rings. The van der Waals surface area contributed by atoms with Gasteiger partial charge < -0.3 is 5.11 Å². The van der Waals surface area contributed by atoms with E-state index in [1.54, 1.807) is 0 Å². The van der Waals surface area contributed by atoms with Crippen molar-refractivity contribution in [3.8, 4) is 0 Å². The van der Waals surface area contributed by atoms with Gasteiger partial charge in [-0.25, -0.2) is 0 Å². The predicted octanol–water partition coefficient (Wildman–Crippen LogP) is 4.69. The lowest BCUT2D eigenvalue weighted by Gasteiger charge is -2.28. The number of benzene rings is 1. The average molecular weight is 429 g/mol. The highest BCUT2D eigenvalue weighted by Crippen LogP contribution is 2.33. The summed E-state index contributed by atoms with van der Waals surface area (Å²) >= 11 is 3.35. The molecule has 0 unspecified atom stereocenters. The maximum atomic E-state index is 7.00. The third kappa shape index (κ3) is 4.70. The Kier molecular flexibility index (Phi) is 7.05. The van der Waals surface area contributed by atoms with Crippen LogP contribution in [0.3, 0.4) is 0 Å². The molecule has 0 atom stereocenters. The fourth-order valence-corrected chi connectivity index (χ4v) is 3.03. The number of halogens is 1. The quantitative estimate of drug-likeness (QED) is 0.718. The van der Waals surface area contributed by atoms with Crippen LogP contribution in [0.4, 0.5) is 0 Å². The highest BCUT2D eigenvalue weighted by atomic mass is 79.9. The van der Waals surface area contributed by atoms with E-state index < -0.39 is 0 Å². The Morgan fingerprint density at radius 3 is 2.44 bits per heavy atom. The van der Waals surface area contributed by atoms with Gasteiger partial charge in [0.25, 0.3) is 0 Å². The van der Waals surface area contributed by atoms with Crippen LogP contribution < -0.4 is 0 Å². The van der Waals surface area contributed by atoms with Gasteiger partial charge >= 0.3 is 0 Å². The Labute approximate surface area is 169 Å². The number of hydrogen-bond acceptors (Lipinski definition) is 4. The SMILES string of the molecule is C=C(Br)/C=C\C(=C/C)c1nnc2n1N=C(c1ccccc1)CC2(C)C.CO. The zero-order chi connectivity index (χ0) is 20.0. The zero-order valence-corrected chi connectivity index (χ0v) is 17.7. The topological polar surface area (TPSA) is 63.3 Å². The van der Waals surface area contributed by atoms with Crippen molar-refractivity contribution in [2.75, 3.05) is 7.11 Å². The zero-order valence-electron chi connectivity index (χ0n) is 16.1. The first-order valence-corrected chi connectivity index (χ1v) is 9.45. The first kappa shape index (κ1) is 21.0. The van der Waals surface area contributed by atoms with Crippen LogP contribution >= 0.6 is 15.9 Å². The van der Waals surface area contributed by atoms with Crippen LogP contribution in [-0.4, -0.2) is 32.8 Å². The molecule has 2 heterocycles. The summed E-state index contributed by atoms with van der Waals surface area (Å²) in [4.78, 5) is 0. The number of aliphatic hydroxyl groups excluding tert-OH is 1. The molecule has 1 aromatic carbocycles. The molecule has 0 aliphatic carbocycles. The Morgan fingerprint density at radius 1 is 1.19 bits per heavy atom. The van der Waals surface area contributed by atoms with Gasteiger partial charge in [-0.05, 0) is 18.6 Å². The molecular formula is C21H25BrN4O. The third-order valence-corrected chi connectivity index (χ3v) is 4.46. The first-order valence-electron chi connectivity index (χ1n) is 8.65. The summed E-state index contributed by atoms with van der Waals surface area (Å²) in [6.07, 6.45) is 6.69. The Hall–Kier alpha value is -2.31. The molecule has 1 aliphatic heterocycles. The van der Waals surface area contributed by atoms with Crippen LogP contribution in [-0.2, 0) is 5.41 Å². The molecule has 6 heteroatoms. The summed E-state index contributed by atoms with van der Waals surface area (Å²) < 4.78 is 2.68. The van der Waals surface area contributed by atoms with Crippen LogP contribution in [0.5, 0.6) is 0 Å². The number of allylic oxidation sites excluding steroid dienone is 5. The largest absolute Gasteiger partial charge is 0.400 e. The van der Waals surface area contributed by atoms with E-state index in [0.29, 0.717) is 0 Å². The number of aromatic nitrogens is 3. The Morgan fingerprint density at radius 2 is 1.85 bits per heavy atom. The second-order valence-corrected chi connectivity index (χ2v) is 7.68. The maximum absolute atomic E-state index is 7.00. The molecule has 5 nitrogen and oxygen atoms in total. The smallest absolute Gasteiger partial charge is 0.184 e. The number of aliphatic hydroxyl groups is 1. The van der Waals surface area contributed by atoms with E-state index in [9.17, 15) is 0 Å². The van der Waals surface area contributed by atoms with Crippen LogP contribution in [0.2, 0.25) is 0 Å². The minimum absolute atomic E-state index is 0.139. The summed E-state index contributed by atoms with van der Waals surface area (Å²) in [5, 5.41) is 20.7. The minimum atomic E-state index is -0.139. The van der Waals surface area contributed by atoms with Crippen LogP contribution in [0.15, 0.2) is 64.7 Å². The van der Waals surface area contributed by atoms with Crippen LogP contribution in [0, 0.1) is 0 Å². The van der Waals surface area contributed by atoms with Crippen molar-refractivity contribution in [2.24, 2.45) is 5.10 Å². The lowest BCUT2D eigenvalue weighted by Crippen LogP contribution is -2.31. The third-order valence-electron chi connectivity index (χ3n) is 4.20. The highest BCUT2D eigenvalue weighted by Gasteiger charge is 2.35. The average Bonchev–Trinajstić information content (AvgIpc) is 3.09.